The summed E-state index contributed by atoms with van der Waals surface area (Å²) < 4.78 is 0.972. The quantitative estimate of drug-likeness (QED) is 0.592. The number of amides is 3. The van der Waals surface area contributed by atoms with Crippen molar-refractivity contribution in [3.05, 3.63) is 56.7 Å². The molecule has 0 bridgehead atoms. The summed E-state index contributed by atoms with van der Waals surface area (Å²) in [6, 6.07) is 11.0. The summed E-state index contributed by atoms with van der Waals surface area (Å²) in [5.74, 6) is -1.000. The van der Waals surface area contributed by atoms with E-state index in [4.69, 9.17) is 0 Å². The van der Waals surface area contributed by atoms with E-state index in [2.05, 4.69) is 31.9 Å². The Morgan fingerprint density at radius 1 is 1.04 bits per heavy atom. The van der Waals surface area contributed by atoms with Crippen LogP contribution in [0.1, 0.15) is 34.6 Å². The summed E-state index contributed by atoms with van der Waals surface area (Å²) in [5, 5.41) is 9.70. The van der Waals surface area contributed by atoms with Crippen LogP contribution in [0.15, 0.2) is 46.3 Å². The van der Waals surface area contributed by atoms with Gasteiger partial charge >= 0.3 is 0 Å². The van der Waals surface area contributed by atoms with E-state index in [9.17, 15) is 14.4 Å². The molecule has 3 N–H and O–H groups in total. The molecule has 3 amide bonds. The third-order valence-corrected chi connectivity index (χ3v) is 5.01. The van der Waals surface area contributed by atoms with Crippen LogP contribution in [0.5, 0.6) is 0 Å². The van der Waals surface area contributed by atoms with E-state index in [1.165, 1.54) is 11.3 Å². The van der Waals surface area contributed by atoms with Crippen LogP contribution in [0, 0.1) is 0 Å². The van der Waals surface area contributed by atoms with Gasteiger partial charge in [-0.05, 0) is 35.6 Å². The molecule has 0 aliphatic carbocycles. The van der Waals surface area contributed by atoms with E-state index < -0.39 is 5.91 Å². The highest BCUT2D eigenvalue weighted by atomic mass is 79.9. The van der Waals surface area contributed by atoms with Gasteiger partial charge in [0.1, 0.15) is 0 Å². The highest BCUT2D eigenvalue weighted by Gasteiger charge is 2.14. The fourth-order valence-electron chi connectivity index (χ4n) is 2.26. The van der Waals surface area contributed by atoms with Crippen molar-refractivity contribution in [1.82, 2.24) is 16.0 Å². The molecule has 6 nitrogen and oxygen atoms in total. The lowest BCUT2D eigenvalue weighted by atomic mass is 10.0. The molecule has 1 atom stereocenters. The van der Waals surface area contributed by atoms with Gasteiger partial charge in [0, 0.05) is 4.47 Å². The lowest BCUT2D eigenvalue weighted by Crippen LogP contribution is -2.42. The van der Waals surface area contributed by atoms with E-state index in [1.54, 1.807) is 17.5 Å². The minimum atomic E-state index is -0.415. The van der Waals surface area contributed by atoms with Gasteiger partial charge in [0.05, 0.1) is 24.0 Å². The van der Waals surface area contributed by atoms with Crippen LogP contribution in [0.2, 0.25) is 0 Å². The first-order valence-electron chi connectivity index (χ1n) is 8.12. The minimum absolute atomic E-state index is 0.119. The number of halogens is 1. The van der Waals surface area contributed by atoms with Crippen molar-refractivity contribution in [2.24, 2.45) is 0 Å². The molecule has 0 spiro atoms. The summed E-state index contributed by atoms with van der Waals surface area (Å²) in [4.78, 5) is 36.1. The van der Waals surface area contributed by atoms with Crippen molar-refractivity contribution in [3.63, 3.8) is 0 Å². The van der Waals surface area contributed by atoms with Gasteiger partial charge in [-0.2, -0.15) is 0 Å². The van der Waals surface area contributed by atoms with Crippen LogP contribution in [-0.4, -0.2) is 30.8 Å². The zero-order valence-corrected chi connectivity index (χ0v) is 16.7. The first-order valence-corrected chi connectivity index (χ1v) is 9.80. The Morgan fingerprint density at radius 2 is 1.73 bits per heavy atom. The van der Waals surface area contributed by atoms with E-state index >= 15 is 0 Å². The third kappa shape index (κ3) is 6.27. The number of thiophene rings is 1. The van der Waals surface area contributed by atoms with Crippen LogP contribution >= 0.6 is 27.3 Å². The first kappa shape index (κ1) is 20.1. The maximum absolute atomic E-state index is 12.1. The summed E-state index contributed by atoms with van der Waals surface area (Å²) in [6.07, 6.45) is 0.734. The molecule has 2 rings (SSSR count). The second-order valence-electron chi connectivity index (χ2n) is 5.52. The van der Waals surface area contributed by atoms with Gasteiger partial charge in [-0.15, -0.1) is 11.3 Å². The van der Waals surface area contributed by atoms with Gasteiger partial charge in [0.2, 0.25) is 11.8 Å². The minimum Gasteiger partial charge on any atom is -0.348 e. The maximum atomic E-state index is 12.1. The topological polar surface area (TPSA) is 87.3 Å². The normalized spacial score (nSPS) is 11.5. The highest BCUT2D eigenvalue weighted by Crippen LogP contribution is 2.19. The van der Waals surface area contributed by atoms with Gasteiger partial charge in [0.25, 0.3) is 5.91 Å². The molecule has 0 saturated carbocycles. The molecular weight excluding hydrogens is 418 g/mol. The van der Waals surface area contributed by atoms with Crippen LogP contribution < -0.4 is 16.0 Å². The molecule has 8 heteroatoms. The lowest BCUT2D eigenvalue weighted by Gasteiger charge is -2.18. The fraction of sp³-hybridized carbons (Fsp3) is 0.278. The molecule has 2 aromatic rings. The van der Waals surface area contributed by atoms with Crippen molar-refractivity contribution >= 4 is 45.0 Å². The van der Waals surface area contributed by atoms with Crippen molar-refractivity contribution in [1.29, 1.82) is 0 Å². The molecule has 138 valence electrons. The number of carbonyl (C=O) groups excluding carboxylic acids is 3. The standard InChI is InChI=1S/C18H20BrN3O3S/c1-2-14(12-5-7-13(19)8-6-12)22-17(24)11-20-16(23)10-21-18(25)15-4-3-9-26-15/h3-9,14H,2,10-11H2,1H3,(H,20,23)(H,21,25)(H,22,24)/t14-/m0/s1. The molecule has 0 radical (unpaired) electrons. The molecule has 0 fully saturated rings. The number of nitrogens with one attached hydrogen (secondary N) is 3. The van der Waals surface area contributed by atoms with E-state index in [1.807, 2.05) is 31.2 Å². The molecule has 0 unspecified atom stereocenters. The molecule has 1 heterocycles. The summed E-state index contributed by atoms with van der Waals surface area (Å²) in [7, 11) is 0. The van der Waals surface area contributed by atoms with Gasteiger partial charge in [0.15, 0.2) is 0 Å². The molecule has 0 saturated heterocycles. The molecule has 1 aromatic carbocycles. The fourth-order valence-corrected chi connectivity index (χ4v) is 3.16. The molecule has 1 aromatic heterocycles. The van der Waals surface area contributed by atoms with Gasteiger partial charge in [-0.1, -0.05) is 41.1 Å². The average Bonchev–Trinajstić information content (AvgIpc) is 3.18. The average molecular weight is 438 g/mol. The predicted octanol–water partition coefficient (Wildman–Crippen LogP) is 2.62. The Hall–Kier alpha value is -2.19. The van der Waals surface area contributed by atoms with Gasteiger partial charge in [-0.25, -0.2) is 0 Å². The molecule has 0 aliphatic heterocycles. The van der Waals surface area contributed by atoms with Crippen molar-refractivity contribution in [3.8, 4) is 0 Å². The summed E-state index contributed by atoms with van der Waals surface area (Å²) in [6.45, 7) is 1.67. The second-order valence-corrected chi connectivity index (χ2v) is 7.38. The van der Waals surface area contributed by atoms with Crippen LogP contribution in [0.4, 0.5) is 0 Å². The third-order valence-electron chi connectivity index (χ3n) is 3.62. The second kappa shape index (κ2) is 10.1. The number of benzene rings is 1. The summed E-state index contributed by atoms with van der Waals surface area (Å²) >= 11 is 4.68. The van der Waals surface area contributed by atoms with E-state index in [0.29, 0.717) is 4.88 Å². The number of carbonyl (C=O) groups is 3. The number of rotatable bonds is 8. The van der Waals surface area contributed by atoms with Crippen molar-refractivity contribution in [2.45, 2.75) is 19.4 Å². The monoisotopic (exact) mass is 437 g/mol. The van der Waals surface area contributed by atoms with Crippen molar-refractivity contribution in [2.75, 3.05) is 13.1 Å². The Bertz CT molecular complexity index is 748. The summed E-state index contributed by atoms with van der Waals surface area (Å²) in [5.41, 5.74) is 0.999. The lowest BCUT2D eigenvalue weighted by molar-refractivity contribution is -0.126. The predicted molar refractivity (Wildman–Crippen MR) is 105 cm³/mol. The van der Waals surface area contributed by atoms with Crippen LogP contribution in [-0.2, 0) is 9.59 Å². The smallest absolute Gasteiger partial charge is 0.261 e. The van der Waals surface area contributed by atoms with Gasteiger partial charge in [-0.3, -0.25) is 14.4 Å². The van der Waals surface area contributed by atoms with Crippen LogP contribution in [0.3, 0.4) is 0 Å². The Morgan fingerprint density at radius 3 is 2.35 bits per heavy atom. The van der Waals surface area contributed by atoms with E-state index in [0.717, 1.165) is 16.5 Å². The molecule has 0 aliphatic rings. The highest BCUT2D eigenvalue weighted by molar-refractivity contribution is 9.10. The largest absolute Gasteiger partial charge is 0.348 e. The van der Waals surface area contributed by atoms with Gasteiger partial charge < -0.3 is 16.0 Å². The zero-order valence-electron chi connectivity index (χ0n) is 14.3. The number of hydrogen-bond acceptors (Lipinski definition) is 4. The Kier molecular flexibility index (Phi) is 7.80. The molecular formula is C18H20BrN3O3S. The Balaban J connectivity index is 1.73. The van der Waals surface area contributed by atoms with Crippen LogP contribution in [0.25, 0.3) is 0 Å². The number of hydrogen-bond donors (Lipinski definition) is 3. The zero-order chi connectivity index (χ0) is 18.9. The molecule has 26 heavy (non-hydrogen) atoms. The SMILES string of the molecule is CC[C@H](NC(=O)CNC(=O)CNC(=O)c1cccs1)c1ccc(Br)cc1. The maximum Gasteiger partial charge on any atom is 0.261 e. The van der Waals surface area contributed by atoms with Crippen molar-refractivity contribution < 1.29 is 14.4 Å². The van der Waals surface area contributed by atoms with E-state index in [-0.39, 0.29) is 30.9 Å². The first-order chi connectivity index (χ1) is 12.5. The Labute approximate surface area is 164 Å².